The maximum absolute atomic E-state index is 9.52. The topological polar surface area (TPSA) is 160 Å². The van der Waals surface area contributed by atoms with Crippen LogP contribution < -0.4 is 0 Å². The molecule has 19 heavy (non-hydrogen) atoms. The summed E-state index contributed by atoms with van der Waals surface area (Å²) in [6, 6.07) is 0. The Balaban J connectivity index is 2.40. The molecule has 9 heteroatoms. The van der Waals surface area contributed by atoms with Crippen molar-refractivity contribution in [3.8, 4) is 0 Å². The normalized spacial score (nSPS) is 36.2. The van der Waals surface area contributed by atoms with Crippen LogP contribution in [0.15, 0.2) is 0 Å². The van der Waals surface area contributed by atoms with E-state index < -0.39 is 62.7 Å². The summed E-state index contributed by atoms with van der Waals surface area (Å²) in [5.41, 5.74) is 0. The molecule has 1 rings (SSSR count). The van der Waals surface area contributed by atoms with Crippen molar-refractivity contribution in [2.24, 2.45) is 0 Å². The molecule has 1 heterocycles. The Hall–Kier alpha value is -0.360. The summed E-state index contributed by atoms with van der Waals surface area (Å²) in [5, 5.41) is 64.3. The summed E-state index contributed by atoms with van der Waals surface area (Å²) in [6.45, 7) is -1.73. The third-order valence-electron chi connectivity index (χ3n) is 2.91. The summed E-state index contributed by atoms with van der Waals surface area (Å²) in [5.74, 6) is 0. The largest absolute Gasteiger partial charge is 0.394 e. The van der Waals surface area contributed by atoms with Crippen LogP contribution in [-0.2, 0) is 9.47 Å². The van der Waals surface area contributed by atoms with Gasteiger partial charge in [-0.2, -0.15) is 0 Å². The molecule has 7 atom stereocenters. The summed E-state index contributed by atoms with van der Waals surface area (Å²) < 4.78 is 9.92. The number of aliphatic hydroxyl groups is 7. The molecule has 1 saturated heterocycles. The van der Waals surface area contributed by atoms with Gasteiger partial charge >= 0.3 is 0 Å². The summed E-state index contributed by atoms with van der Waals surface area (Å²) in [6.07, 6.45) is -9.64. The van der Waals surface area contributed by atoms with Crippen LogP contribution in [0, 0.1) is 0 Å². The highest BCUT2D eigenvalue weighted by Gasteiger charge is 2.43. The number of aliphatic hydroxyl groups excluding tert-OH is 7. The van der Waals surface area contributed by atoms with Gasteiger partial charge in [-0.15, -0.1) is 0 Å². The van der Waals surface area contributed by atoms with Crippen molar-refractivity contribution in [3.05, 3.63) is 0 Å². The lowest BCUT2D eigenvalue weighted by Gasteiger charge is -2.23. The van der Waals surface area contributed by atoms with E-state index in [1.54, 1.807) is 0 Å². The molecule has 0 amide bonds. The van der Waals surface area contributed by atoms with Gasteiger partial charge in [0.25, 0.3) is 0 Å². The lowest BCUT2D eigenvalue weighted by Crippen LogP contribution is -2.43. The minimum Gasteiger partial charge on any atom is -0.394 e. The molecule has 0 aromatic rings. The zero-order valence-electron chi connectivity index (χ0n) is 10.1. The van der Waals surface area contributed by atoms with Crippen LogP contribution in [-0.4, -0.2) is 98.5 Å². The van der Waals surface area contributed by atoms with Crippen molar-refractivity contribution in [1.82, 2.24) is 0 Å². The van der Waals surface area contributed by atoms with Gasteiger partial charge in [0.05, 0.1) is 19.8 Å². The second-order valence-corrected chi connectivity index (χ2v) is 4.35. The molecule has 0 bridgehead atoms. The highest BCUT2D eigenvalue weighted by molar-refractivity contribution is 4.86. The second-order valence-electron chi connectivity index (χ2n) is 4.35. The van der Waals surface area contributed by atoms with E-state index >= 15 is 0 Å². The van der Waals surface area contributed by atoms with E-state index in [1.165, 1.54) is 0 Å². The second kappa shape index (κ2) is 7.43. The van der Waals surface area contributed by atoms with E-state index in [1.807, 2.05) is 0 Å². The van der Waals surface area contributed by atoms with E-state index in [0.29, 0.717) is 0 Å². The SMILES string of the molecule is OCC(O)C(O)C(O)CO[C@@H]1O[C@H](CO)C(O)C1O. The van der Waals surface area contributed by atoms with Gasteiger partial charge in [-0.1, -0.05) is 0 Å². The molecule has 1 fully saturated rings. The molecule has 0 aromatic heterocycles. The van der Waals surface area contributed by atoms with E-state index in [2.05, 4.69) is 0 Å². The first-order chi connectivity index (χ1) is 8.92. The smallest absolute Gasteiger partial charge is 0.186 e. The summed E-state index contributed by atoms with van der Waals surface area (Å²) in [7, 11) is 0. The molecule has 0 aromatic carbocycles. The van der Waals surface area contributed by atoms with Crippen molar-refractivity contribution in [2.45, 2.75) is 42.9 Å². The van der Waals surface area contributed by atoms with Crippen molar-refractivity contribution in [1.29, 1.82) is 0 Å². The molecule has 0 saturated carbocycles. The van der Waals surface area contributed by atoms with E-state index in [4.69, 9.17) is 24.8 Å². The van der Waals surface area contributed by atoms with Crippen LogP contribution in [0.2, 0.25) is 0 Å². The average molecular weight is 284 g/mol. The molecule has 0 spiro atoms. The molecule has 5 unspecified atom stereocenters. The number of rotatable bonds is 7. The van der Waals surface area contributed by atoms with Gasteiger partial charge in [0.1, 0.15) is 36.6 Å². The van der Waals surface area contributed by atoms with Gasteiger partial charge in [0.2, 0.25) is 0 Å². The van der Waals surface area contributed by atoms with Crippen LogP contribution in [0.3, 0.4) is 0 Å². The molecular weight excluding hydrogens is 264 g/mol. The molecule has 0 radical (unpaired) electrons. The Morgan fingerprint density at radius 2 is 1.63 bits per heavy atom. The van der Waals surface area contributed by atoms with Crippen LogP contribution in [0.1, 0.15) is 0 Å². The molecular formula is C10H20O9. The zero-order valence-corrected chi connectivity index (χ0v) is 10.1. The van der Waals surface area contributed by atoms with E-state index in [9.17, 15) is 20.4 Å². The third-order valence-corrected chi connectivity index (χ3v) is 2.91. The number of hydrogen-bond donors (Lipinski definition) is 7. The van der Waals surface area contributed by atoms with Gasteiger partial charge in [0.15, 0.2) is 6.29 Å². The number of hydrogen-bond acceptors (Lipinski definition) is 9. The predicted molar refractivity (Wildman–Crippen MR) is 58.8 cm³/mol. The third kappa shape index (κ3) is 4.05. The standard InChI is InChI=1S/C10H20O9/c11-1-4(13)7(15)5(14)3-18-10-9(17)8(16)6(2-12)19-10/h4-17H,1-3H2/t4?,5?,6-,7?,8?,9?,10-/m1/s1. The lowest BCUT2D eigenvalue weighted by atomic mass is 10.1. The highest BCUT2D eigenvalue weighted by atomic mass is 16.7. The van der Waals surface area contributed by atoms with Gasteiger partial charge in [-0.25, -0.2) is 0 Å². The quantitative estimate of drug-likeness (QED) is 0.244. The first-order valence-electron chi connectivity index (χ1n) is 5.81. The van der Waals surface area contributed by atoms with Crippen LogP contribution in [0.25, 0.3) is 0 Å². The summed E-state index contributed by atoms with van der Waals surface area (Å²) >= 11 is 0. The van der Waals surface area contributed by atoms with Crippen molar-refractivity contribution >= 4 is 0 Å². The Morgan fingerprint density at radius 3 is 2.11 bits per heavy atom. The fourth-order valence-electron chi connectivity index (χ4n) is 1.66. The molecule has 7 N–H and O–H groups in total. The lowest BCUT2D eigenvalue weighted by molar-refractivity contribution is -0.194. The minimum absolute atomic E-state index is 0.495. The van der Waals surface area contributed by atoms with Crippen LogP contribution >= 0.6 is 0 Å². The van der Waals surface area contributed by atoms with Gasteiger partial charge in [-0.3, -0.25) is 0 Å². The maximum atomic E-state index is 9.52. The Morgan fingerprint density at radius 1 is 1.00 bits per heavy atom. The van der Waals surface area contributed by atoms with E-state index in [-0.39, 0.29) is 0 Å². The zero-order chi connectivity index (χ0) is 14.6. The highest BCUT2D eigenvalue weighted by Crippen LogP contribution is 2.22. The van der Waals surface area contributed by atoms with Crippen LogP contribution in [0.5, 0.6) is 0 Å². The van der Waals surface area contributed by atoms with Gasteiger partial charge in [0, 0.05) is 0 Å². The Bertz CT molecular complexity index is 263. The fourth-order valence-corrected chi connectivity index (χ4v) is 1.66. The van der Waals surface area contributed by atoms with Crippen molar-refractivity contribution in [2.75, 3.05) is 19.8 Å². The Labute approximate surface area is 109 Å². The fraction of sp³-hybridized carbons (Fsp3) is 1.00. The molecule has 1 aliphatic heterocycles. The average Bonchev–Trinajstić information content (AvgIpc) is 2.70. The van der Waals surface area contributed by atoms with Crippen LogP contribution in [0.4, 0.5) is 0 Å². The molecule has 114 valence electrons. The molecule has 9 nitrogen and oxygen atoms in total. The predicted octanol–water partition coefficient (Wildman–Crippen LogP) is -4.48. The molecule has 1 aliphatic rings. The monoisotopic (exact) mass is 284 g/mol. The maximum Gasteiger partial charge on any atom is 0.186 e. The van der Waals surface area contributed by atoms with Crippen molar-refractivity contribution in [3.63, 3.8) is 0 Å². The van der Waals surface area contributed by atoms with Crippen molar-refractivity contribution < 1.29 is 45.2 Å². The minimum atomic E-state index is -1.62. The molecule has 0 aliphatic carbocycles. The van der Waals surface area contributed by atoms with Gasteiger partial charge in [-0.05, 0) is 0 Å². The van der Waals surface area contributed by atoms with Gasteiger partial charge < -0.3 is 45.2 Å². The first kappa shape index (κ1) is 16.7. The first-order valence-corrected chi connectivity index (χ1v) is 5.81. The Kier molecular flexibility index (Phi) is 6.53. The number of ether oxygens (including phenoxy) is 2. The van der Waals surface area contributed by atoms with E-state index in [0.717, 1.165) is 0 Å². The summed E-state index contributed by atoms with van der Waals surface area (Å²) in [4.78, 5) is 0.